The van der Waals surface area contributed by atoms with Crippen molar-refractivity contribution in [2.45, 2.75) is 6.04 Å². The molecule has 74 valence electrons. The third-order valence-electron chi connectivity index (χ3n) is 1.35. The van der Waals surface area contributed by atoms with Crippen molar-refractivity contribution in [3.8, 4) is 0 Å². The molecule has 1 rings (SSSR count). The summed E-state index contributed by atoms with van der Waals surface area (Å²) in [6.45, 7) is 0. The Morgan fingerprint density at radius 3 is 2.77 bits per heavy atom. The second kappa shape index (κ2) is 5.79. The second-order valence-electron chi connectivity index (χ2n) is 2.17. The average molecular weight is 334 g/mol. The summed E-state index contributed by atoms with van der Waals surface area (Å²) >= 11 is 3.64. The molecule has 0 bridgehead atoms. The highest BCUT2D eigenvalue weighted by Gasteiger charge is 2.17. The molecule has 0 amide bonds. The number of methoxy groups -OCH3 is 1. The Hall–Kier alpha value is 0.150. The maximum atomic E-state index is 11.0. The number of thiophene rings is 1. The lowest BCUT2D eigenvalue weighted by Crippen LogP contribution is -2.21. The summed E-state index contributed by atoms with van der Waals surface area (Å²) in [4.78, 5) is 11.8. The van der Waals surface area contributed by atoms with Crippen molar-refractivity contribution in [2.75, 3.05) is 7.11 Å². The molecule has 0 radical (unpaired) electrons. The highest BCUT2D eigenvalue weighted by Crippen LogP contribution is 2.22. The molecule has 1 aromatic rings. The van der Waals surface area contributed by atoms with Crippen LogP contribution in [0.15, 0.2) is 11.4 Å². The van der Waals surface area contributed by atoms with Crippen molar-refractivity contribution in [1.29, 1.82) is 0 Å². The summed E-state index contributed by atoms with van der Waals surface area (Å²) < 4.78 is 5.61. The van der Waals surface area contributed by atoms with Crippen molar-refractivity contribution in [3.05, 3.63) is 19.9 Å². The largest absolute Gasteiger partial charge is 0.468 e. The molecular weight excluding hydrogens is 325 g/mol. The molecule has 0 saturated heterocycles. The van der Waals surface area contributed by atoms with Crippen LogP contribution in [0.1, 0.15) is 10.9 Å². The Morgan fingerprint density at radius 1 is 1.77 bits per heavy atom. The van der Waals surface area contributed by atoms with Crippen LogP contribution in [0.3, 0.4) is 0 Å². The molecule has 0 aliphatic heterocycles. The fourth-order valence-corrected chi connectivity index (χ4v) is 2.42. The van der Waals surface area contributed by atoms with Crippen molar-refractivity contribution in [2.24, 2.45) is 5.73 Å². The summed E-state index contributed by atoms with van der Waals surface area (Å²) in [5.74, 6) is -0.395. The first kappa shape index (κ1) is 13.2. The average Bonchev–Trinajstić information content (AvgIpc) is 2.49. The van der Waals surface area contributed by atoms with E-state index in [1.165, 1.54) is 18.4 Å². The molecule has 1 atom stereocenters. The highest BCUT2D eigenvalue weighted by molar-refractivity contribution is 14.1. The fourth-order valence-electron chi connectivity index (χ4n) is 0.734. The van der Waals surface area contributed by atoms with E-state index in [0.29, 0.717) is 0 Å². The maximum absolute atomic E-state index is 11.0. The first-order valence-corrected chi connectivity index (χ1v) is 5.18. The van der Waals surface area contributed by atoms with Gasteiger partial charge in [0.25, 0.3) is 0 Å². The summed E-state index contributed by atoms with van der Waals surface area (Å²) in [6, 6.07) is 1.25. The van der Waals surface area contributed by atoms with Crippen LogP contribution in [0.4, 0.5) is 0 Å². The number of esters is 1. The molecule has 0 aliphatic rings. The number of carbonyl (C=O) groups excluding carboxylic acids is 1. The summed E-state index contributed by atoms with van der Waals surface area (Å²) in [6.07, 6.45) is 0. The van der Waals surface area contributed by atoms with Gasteiger partial charge in [0.15, 0.2) is 0 Å². The Kier molecular flexibility index (Phi) is 5.86. The fraction of sp³-hybridized carbons (Fsp3) is 0.286. The van der Waals surface area contributed by atoms with E-state index in [4.69, 9.17) is 5.73 Å². The van der Waals surface area contributed by atoms with Gasteiger partial charge in [0.05, 0.1) is 7.11 Å². The summed E-state index contributed by atoms with van der Waals surface area (Å²) in [5, 5.41) is 1.94. The highest BCUT2D eigenvalue weighted by atomic mass is 127. The predicted octanol–water partition coefficient (Wildman–Crippen LogP) is 1.95. The van der Waals surface area contributed by atoms with Crippen molar-refractivity contribution in [3.63, 3.8) is 0 Å². The van der Waals surface area contributed by atoms with Crippen LogP contribution < -0.4 is 5.73 Å². The zero-order chi connectivity index (χ0) is 9.14. The van der Waals surface area contributed by atoms with Crippen LogP contribution in [0.25, 0.3) is 0 Å². The van der Waals surface area contributed by atoms with E-state index in [2.05, 4.69) is 27.3 Å². The Bertz CT molecular complexity index is 292. The van der Waals surface area contributed by atoms with Crippen LogP contribution in [-0.4, -0.2) is 13.1 Å². The van der Waals surface area contributed by atoms with Crippen LogP contribution in [0, 0.1) is 3.57 Å². The minimum absolute atomic E-state index is 0. The van der Waals surface area contributed by atoms with Gasteiger partial charge in [-0.05, 0) is 28.7 Å². The predicted molar refractivity (Wildman–Crippen MR) is 63.2 cm³/mol. The number of hydrogen-bond acceptors (Lipinski definition) is 4. The quantitative estimate of drug-likeness (QED) is 0.665. The summed E-state index contributed by atoms with van der Waals surface area (Å²) in [7, 11) is 1.33. The monoisotopic (exact) mass is 333 g/mol. The normalized spacial score (nSPS) is 11.6. The number of ether oxygens (including phenoxy) is 1. The number of nitrogens with two attached hydrogens (primary N) is 1. The maximum Gasteiger partial charge on any atom is 0.328 e. The molecule has 0 fully saturated rings. The van der Waals surface area contributed by atoms with Gasteiger partial charge in [-0.3, -0.25) is 0 Å². The van der Waals surface area contributed by atoms with Crippen molar-refractivity contribution in [1.82, 2.24) is 0 Å². The van der Waals surface area contributed by atoms with Crippen LogP contribution in [0.2, 0.25) is 0 Å². The number of hydrogen-bond donors (Lipinski definition) is 1. The molecule has 0 saturated carbocycles. The van der Waals surface area contributed by atoms with E-state index < -0.39 is 12.0 Å². The standard InChI is InChI=1S/C7H8INO2S.ClH/c1-11-7(10)6(9)5-2-4(8)3-12-5;/h2-3,6H,9H2,1H3;1H. The van der Waals surface area contributed by atoms with Gasteiger partial charge in [-0.1, -0.05) is 0 Å². The second-order valence-corrected chi connectivity index (χ2v) is 4.36. The Balaban J connectivity index is 0.00000144. The molecule has 13 heavy (non-hydrogen) atoms. The van der Waals surface area contributed by atoms with Crippen molar-refractivity contribution < 1.29 is 9.53 Å². The zero-order valence-corrected chi connectivity index (χ0v) is 10.6. The minimum Gasteiger partial charge on any atom is -0.468 e. The van der Waals surface area contributed by atoms with E-state index >= 15 is 0 Å². The number of rotatable bonds is 2. The van der Waals surface area contributed by atoms with Crippen LogP contribution >= 0.6 is 46.3 Å². The van der Waals surface area contributed by atoms with Gasteiger partial charge in [0.1, 0.15) is 6.04 Å². The van der Waals surface area contributed by atoms with Gasteiger partial charge in [0, 0.05) is 13.8 Å². The molecule has 1 heterocycles. The Labute approximate surface area is 100 Å². The molecule has 1 aromatic heterocycles. The topological polar surface area (TPSA) is 52.3 Å². The van der Waals surface area contributed by atoms with Gasteiger partial charge >= 0.3 is 5.97 Å². The van der Waals surface area contributed by atoms with Gasteiger partial charge in [-0.2, -0.15) is 0 Å². The van der Waals surface area contributed by atoms with E-state index in [1.54, 1.807) is 0 Å². The van der Waals surface area contributed by atoms with E-state index in [-0.39, 0.29) is 12.4 Å². The van der Waals surface area contributed by atoms with Crippen molar-refractivity contribution >= 4 is 52.3 Å². The van der Waals surface area contributed by atoms with Gasteiger partial charge < -0.3 is 10.5 Å². The molecule has 6 heteroatoms. The lowest BCUT2D eigenvalue weighted by atomic mass is 10.3. The molecule has 1 unspecified atom stereocenters. The number of halogens is 2. The van der Waals surface area contributed by atoms with Crippen LogP contribution in [0.5, 0.6) is 0 Å². The molecule has 0 spiro atoms. The van der Waals surface area contributed by atoms with Gasteiger partial charge in [-0.15, -0.1) is 23.7 Å². The number of carbonyl (C=O) groups is 1. The zero-order valence-electron chi connectivity index (χ0n) is 6.82. The van der Waals surface area contributed by atoms with E-state index in [1.807, 2.05) is 11.4 Å². The molecule has 3 nitrogen and oxygen atoms in total. The third kappa shape index (κ3) is 3.41. The Morgan fingerprint density at radius 2 is 2.38 bits per heavy atom. The minimum atomic E-state index is -0.636. The summed E-state index contributed by atoms with van der Waals surface area (Å²) in [5.41, 5.74) is 5.59. The first-order valence-electron chi connectivity index (χ1n) is 3.22. The molecule has 2 N–H and O–H groups in total. The molecular formula is C7H9ClINO2S. The van der Waals surface area contributed by atoms with E-state index in [0.717, 1.165) is 8.45 Å². The lowest BCUT2D eigenvalue weighted by molar-refractivity contribution is -0.142. The first-order chi connectivity index (χ1) is 5.65. The molecule has 0 aliphatic carbocycles. The van der Waals surface area contributed by atoms with E-state index in [9.17, 15) is 4.79 Å². The third-order valence-corrected chi connectivity index (χ3v) is 3.41. The molecule has 0 aromatic carbocycles. The van der Waals surface area contributed by atoms with Crippen LogP contribution in [-0.2, 0) is 9.53 Å². The smallest absolute Gasteiger partial charge is 0.328 e. The SMILES string of the molecule is COC(=O)C(N)c1cc(I)cs1.Cl. The lowest BCUT2D eigenvalue weighted by Gasteiger charge is -2.05. The van der Waals surface area contributed by atoms with Gasteiger partial charge in [0.2, 0.25) is 0 Å². The van der Waals surface area contributed by atoms with Gasteiger partial charge in [-0.25, -0.2) is 4.79 Å².